The van der Waals surface area contributed by atoms with Gasteiger partial charge in [-0.25, -0.2) is 4.98 Å². The Morgan fingerprint density at radius 1 is 1.12 bits per heavy atom. The fourth-order valence-corrected chi connectivity index (χ4v) is 4.62. The summed E-state index contributed by atoms with van der Waals surface area (Å²) in [4.78, 5) is 28.8. The molecule has 5 nitrogen and oxygen atoms in total. The molecule has 1 aromatic heterocycles. The molecule has 1 saturated heterocycles. The maximum Gasteiger partial charge on any atom is 0.308 e. The van der Waals surface area contributed by atoms with E-state index >= 15 is 0 Å². The Hall–Kier alpha value is -1.53. The topological polar surface area (TPSA) is 76.5 Å². The van der Waals surface area contributed by atoms with Gasteiger partial charge in [0, 0.05) is 11.3 Å². The standard InChI is InChI=1S/C19H34O4.C7H9NS.C2H6/c1-14-10-8-6-5-7-9-11-23-17(21)13-16(20)19(3,4)18(22)15(2)12-14;1-3-4-7-5-9-6(2)8-7;1-2/h14-16,20H,5-13H2,1-4H3;3-5H,1-2H3;1-2H3/b;4-3-;/t14-,15+,16-;;/m0../s1. The van der Waals surface area contributed by atoms with Gasteiger partial charge in [0.05, 0.1) is 35.2 Å². The van der Waals surface area contributed by atoms with Crippen LogP contribution in [0.5, 0.6) is 0 Å². The van der Waals surface area contributed by atoms with Gasteiger partial charge in [-0.2, -0.15) is 0 Å². The van der Waals surface area contributed by atoms with E-state index in [1.165, 1.54) is 12.8 Å². The molecule has 196 valence electrons. The van der Waals surface area contributed by atoms with Crippen LogP contribution in [-0.4, -0.2) is 34.6 Å². The van der Waals surface area contributed by atoms with Crippen molar-refractivity contribution in [3.05, 3.63) is 22.2 Å². The number of ketones is 1. The first-order valence-electron chi connectivity index (χ1n) is 13.0. The zero-order valence-electron chi connectivity index (χ0n) is 22.9. The Labute approximate surface area is 212 Å². The minimum atomic E-state index is -0.992. The summed E-state index contributed by atoms with van der Waals surface area (Å²) in [5.41, 5.74) is 0.148. The van der Waals surface area contributed by atoms with E-state index in [-0.39, 0.29) is 18.1 Å². The highest BCUT2D eigenvalue weighted by Gasteiger charge is 2.39. The largest absolute Gasteiger partial charge is 0.466 e. The van der Waals surface area contributed by atoms with E-state index in [1.54, 1.807) is 25.2 Å². The molecule has 0 aromatic carbocycles. The lowest BCUT2D eigenvalue weighted by atomic mass is 9.74. The van der Waals surface area contributed by atoms with E-state index in [4.69, 9.17) is 4.74 Å². The minimum absolute atomic E-state index is 0.0387. The van der Waals surface area contributed by atoms with Crippen molar-refractivity contribution in [3.8, 4) is 0 Å². The number of carbonyl (C=O) groups is 2. The van der Waals surface area contributed by atoms with Crippen molar-refractivity contribution in [1.29, 1.82) is 0 Å². The number of aryl methyl sites for hydroxylation is 1. The molecule has 0 aliphatic carbocycles. The number of rotatable bonds is 1. The summed E-state index contributed by atoms with van der Waals surface area (Å²) in [5.74, 6) is 0.0431. The molecule has 0 spiro atoms. The number of esters is 1. The molecule has 1 aromatic rings. The van der Waals surface area contributed by atoms with Gasteiger partial charge in [-0.3, -0.25) is 9.59 Å². The zero-order valence-corrected chi connectivity index (χ0v) is 23.7. The SMILES string of the molecule is C/C=C\c1csc(C)n1.CC.C[C@H]1CCCCCCCOC(=O)C[C@H](O)C(C)(C)C(=O)[C@H](C)C1. The fourth-order valence-electron chi connectivity index (χ4n) is 4.04. The van der Waals surface area contributed by atoms with E-state index in [1.807, 2.05) is 46.8 Å². The Morgan fingerprint density at radius 3 is 2.32 bits per heavy atom. The van der Waals surface area contributed by atoms with Gasteiger partial charge in [-0.05, 0) is 38.7 Å². The molecule has 1 fully saturated rings. The molecule has 1 aliphatic heterocycles. The number of allylic oxidation sites excluding steroid dienone is 1. The molecule has 0 radical (unpaired) electrons. The molecular formula is C28H49NO4S. The van der Waals surface area contributed by atoms with E-state index in [0.29, 0.717) is 12.5 Å². The maximum absolute atomic E-state index is 12.7. The molecular weight excluding hydrogens is 446 g/mol. The van der Waals surface area contributed by atoms with Crippen molar-refractivity contribution < 1.29 is 19.4 Å². The summed E-state index contributed by atoms with van der Waals surface area (Å²) in [6.45, 7) is 16.0. The Morgan fingerprint density at radius 2 is 1.74 bits per heavy atom. The molecule has 2 rings (SSSR count). The third-order valence-electron chi connectivity index (χ3n) is 6.11. The first-order valence-corrected chi connectivity index (χ1v) is 13.9. The Bertz CT molecular complexity index is 726. The van der Waals surface area contributed by atoms with Crippen LogP contribution >= 0.6 is 11.3 Å². The van der Waals surface area contributed by atoms with E-state index in [2.05, 4.69) is 17.3 Å². The van der Waals surface area contributed by atoms with Gasteiger partial charge in [0.25, 0.3) is 0 Å². The van der Waals surface area contributed by atoms with Crippen molar-refractivity contribution in [2.24, 2.45) is 17.3 Å². The monoisotopic (exact) mass is 495 g/mol. The van der Waals surface area contributed by atoms with E-state index in [0.717, 1.165) is 42.8 Å². The highest BCUT2D eigenvalue weighted by Crippen LogP contribution is 2.31. The number of hydrogen-bond donors (Lipinski definition) is 1. The van der Waals surface area contributed by atoms with Crippen LogP contribution in [0.1, 0.15) is 111 Å². The predicted octanol–water partition coefficient (Wildman–Crippen LogP) is 7.40. The second kappa shape index (κ2) is 17.8. The van der Waals surface area contributed by atoms with Crippen LogP contribution < -0.4 is 0 Å². The lowest BCUT2D eigenvalue weighted by molar-refractivity contribution is -0.150. The van der Waals surface area contributed by atoms with Gasteiger partial charge >= 0.3 is 5.97 Å². The molecule has 3 atom stereocenters. The third-order valence-corrected chi connectivity index (χ3v) is 6.90. The van der Waals surface area contributed by atoms with Gasteiger partial charge in [0.1, 0.15) is 5.78 Å². The van der Waals surface area contributed by atoms with Crippen molar-refractivity contribution >= 4 is 29.2 Å². The average Bonchev–Trinajstić information content (AvgIpc) is 3.21. The summed E-state index contributed by atoms with van der Waals surface area (Å²) < 4.78 is 5.18. The minimum Gasteiger partial charge on any atom is -0.466 e. The van der Waals surface area contributed by atoms with Crippen LogP contribution in [-0.2, 0) is 14.3 Å². The van der Waals surface area contributed by atoms with Crippen LogP contribution in [0.2, 0.25) is 0 Å². The quantitative estimate of drug-likeness (QED) is 0.411. The summed E-state index contributed by atoms with van der Waals surface area (Å²) in [6, 6.07) is 0. The second-order valence-electron chi connectivity index (χ2n) is 9.62. The number of aliphatic hydroxyl groups excluding tert-OH is 1. The lowest BCUT2D eigenvalue weighted by Crippen LogP contribution is -2.42. The van der Waals surface area contributed by atoms with Gasteiger partial charge in [-0.1, -0.05) is 79.7 Å². The van der Waals surface area contributed by atoms with Crippen molar-refractivity contribution in [3.63, 3.8) is 0 Å². The summed E-state index contributed by atoms with van der Waals surface area (Å²) in [5, 5.41) is 13.5. The number of aromatic nitrogens is 1. The molecule has 2 heterocycles. The molecule has 1 N–H and O–H groups in total. The molecule has 0 saturated carbocycles. The smallest absolute Gasteiger partial charge is 0.308 e. The van der Waals surface area contributed by atoms with Crippen LogP contribution in [0.15, 0.2) is 11.5 Å². The molecule has 0 unspecified atom stereocenters. The first-order chi connectivity index (χ1) is 16.1. The number of Topliss-reactive ketones (excluding diaryl/α,β-unsaturated/α-hetero) is 1. The van der Waals surface area contributed by atoms with Crippen molar-refractivity contribution in [2.75, 3.05) is 6.61 Å². The van der Waals surface area contributed by atoms with Crippen molar-refractivity contribution in [2.45, 2.75) is 113 Å². The highest BCUT2D eigenvalue weighted by molar-refractivity contribution is 7.09. The summed E-state index contributed by atoms with van der Waals surface area (Å²) in [7, 11) is 0. The van der Waals surface area contributed by atoms with Crippen LogP contribution in [0.4, 0.5) is 0 Å². The number of ether oxygens (including phenoxy) is 1. The second-order valence-corrected chi connectivity index (χ2v) is 10.7. The number of cyclic esters (lactones) is 1. The summed E-state index contributed by atoms with van der Waals surface area (Å²) in [6.07, 6.45) is 10.4. The predicted molar refractivity (Wildman–Crippen MR) is 144 cm³/mol. The first kappa shape index (κ1) is 32.5. The third kappa shape index (κ3) is 12.8. The van der Waals surface area contributed by atoms with Crippen molar-refractivity contribution in [1.82, 2.24) is 4.98 Å². The number of thiazole rings is 1. The number of nitrogens with zero attached hydrogens (tertiary/aromatic N) is 1. The van der Waals surface area contributed by atoms with Gasteiger partial charge in [0.15, 0.2) is 0 Å². The van der Waals surface area contributed by atoms with Gasteiger partial charge in [-0.15, -0.1) is 11.3 Å². The Kier molecular flexibility index (Phi) is 17.0. The molecule has 0 bridgehead atoms. The molecule has 6 heteroatoms. The fraction of sp³-hybridized carbons (Fsp3) is 0.750. The van der Waals surface area contributed by atoms with E-state index < -0.39 is 17.5 Å². The number of aliphatic hydroxyl groups is 1. The normalized spacial score (nSPS) is 24.9. The maximum atomic E-state index is 12.7. The van der Waals surface area contributed by atoms with Crippen LogP contribution in [0.25, 0.3) is 6.08 Å². The van der Waals surface area contributed by atoms with Gasteiger partial charge in [0.2, 0.25) is 0 Å². The van der Waals surface area contributed by atoms with Crippen LogP contribution in [0, 0.1) is 24.2 Å². The lowest BCUT2D eigenvalue weighted by Gasteiger charge is -2.32. The Balaban J connectivity index is 0.000000819. The van der Waals surface area contributed by atoms with Crippen LogP contribution in [0.3, 0.4) is 0 Å². The van der Waals surface area contributed by atoms with Gasteiger partial charge < -0.3 is 9.84 Å². The molecule has 34 heavy (non-hydrogen) atoms. The highest BCUT2D eigenvalue weighted by atomic mass is 32.1. The molecule has 0 amide bonds. The zero-order chi connectivity index (χ0) is 26.1. The average molecular weight is 496 g/mol. The molecule has 1 aliphatic rings. The number of carbonyl (C=O) groups excluding carboxylic acids is 2. The van der Waals surface area contributed by atoms with E-state index in [9.17, 15) is 14.7 Å². The number of hydrogen-bond acceptors (Lipinski definition) is 6. The summed E-state index contributed by atoms with van der Waals surface area (Å²) >= 11 is 1.68.